The summed E-state index contributed by atoms with van der Waals surface area (Å²) in [5, 5.41) is 3.84. The summed E-state index contributed by atoms with van der Waals surface area (Å²) in [6.07, 6.45) is 5.47. The summed E-state index contributed by atoms with van der Waals surface area (Å²) in [6, 6.07) is 9.75. The minimum atomic E-state index is 0.389. The topological polar surface area (TPSA) is 15.3 Å². The van der Waals surface area contributed by atoms with Crippen molar-refractivity contribution in [3.63, 3.8) is 0 Å². The van der Waals surface area contributed by atoms with Gasteiger partial charge in [-0.1, -0.05) is 38.8 Å². The molecule has 2 fully saturated rings. The quantitative estimate of drug-likeness (QED) is 0.878. The van der Waals surface area contributed by atoms with E-state index in [0.29, 0.717) is 17.5 Å². The van der Waals surface area contributed by atoms with Crippen LogP contribution in [-0.2, 0) is 0 Å². The van der Waals surface area contributed by atoms with E-state index in [1.165, 1.54) is 43.5 Å². The van der Waals surface area contributed by atoms with Crippen molar-refractivity contribution in [3.8, 4) is 0 Å². The smallest absolute Gasteiger partial charge is 0.0387 e. The average molecular weight is 272 g/mol. The number of hydrogen-bond acceptors (Lipinski definition) is 2. The molecule has 1 saturated heterocycles. The summed E-state index contributed by atoms with van der Waals surface area (Å²) in [4.78, 5) is 2.63. The lowest BCUT2D eigenvalue weighted by atomic mass is 9.91. The molecule has 1 heterocycles. The molecule has 1 aromatic carbocycles. The molecule has 3 rings (SSSR count). The predicted molar refractivity (Wildman–Crippen MR) is 86.5 cm³/mol. The van der Waals surface area contributed by atoms with E-state index in [-0.39, 0.29) is 0 Å². The third-order valence-electron chi connectivity index (χ3n) is 5.21. The Hall–Kier alpha value is -1.02. The molecule has 1 unspecified atom stereocenters. The molecule has 2 nitrogen and oxygen atoms in total. The summed E-state index contributed by atoms with van der Waals surface area (Å²) < 4.78 is 0. The van der Waals surface area contributed by atoms with Gasteiger partial charge in [0.1, 0.15) is 0 Å². The van der Waals surface area contributed by atoms with Crippen molar-refractivity contribution in [1.29, 1.82) is 0 Å². The Balaban J connectivity index is 1.85. The Kier molecular flexibility index (Phi) is 3.76. The molecule has 2 heteroatoms. The number of piperazine rings is 1. The van der Waals surface area contributed by atoms with Crippen molar-refractivity contribution in [2.24, 2.45) is 0 Å². The third kappa shape index (κ3) is 2.58. The first-order valence-corrected chi connectivity index (χ1v) is 8.21. The first-order chi connectivity index (χ1) is 9.60. The summed E-state index contributed by atoms with van der Waals surface area (Å²) >= 11 is 0. The minimum Gasteiger partial charge on any atom is -0.366 e. The molecular weight excluding hydrogens is 244 g/mol. The number of nitrogens with one attached hydrogen (secondary N) is 1. The van der Waals surface area contributed by atoms with Crippen molar-refractivity contribution < 1.29 is 0 Å². The van der Waals surface area contributed by atoms with Crippen LogP contribution in [0.1, 0.15) is 57.9 Å². The lowest BCUT2D eigenvalue weighted by molar-refractivity contribution is 0.276. The molecule has 0 bridgehead atoms. The van der Waals surface area contributed by atoms with E-state index in [4.69, 9.17) is 0 Å². The van der Waals surface area contributed by atoms with E-state index in [1.54, 1.807) is 0 Å². The fraction of sp³-hybridized carbons (Fsp3) is 0.667. The fourth-order valence-corrected chi connectivity index (χ4v) is 3.81. The maximum Gasteiger partial charge on any atom is 0.0387 e. The van der Waals surface area contributed by atoms with E-state index in [1.807, 2.05) is 0 Å². The monoisotopic (exact) mass is 272 g/mol. The molecule has 1 saturated carbocycles. The van der Waals surface area contributed by atoms with Gasteiger partial charge in [-0.25, -0.2) is 0 Å². The molecule has 1 aliphatic heterocycles. The van der Waals surface area contributed by atoms with Gasteiger partial charge in [0.25, 0.3) is 0 Å². The molecule has 0 radical (unpaired) electrons. The second kappa shape index (κ2) is 5.40. The van der Waals surface area contributed by atoms with Gasteiger partial charge in [0, 0.05) is 30.4 Å². The fourth-order valence-electron chi connectivity index (χ4n) is 3.81. The molecule has 2 aliphatic rings. The SMILES string of the molecule is CC(C)c1cccc(N2CC3(CCCC3)NCC2C)c1. The zero-order valence-corrected chi connectivity index (χ0v) is 13.2. The lowest BCUT2D eigenvalue weighted by Crippen LogP contribution is -2.62. The molecule has 1 aliphatic carbocycles. The summed E-state index contributed by atoms with van der Waals surface area (Å²) in [6.45, 7) is 9.19. The minimum absolute atomic E-state index is 0.389. The molecular formula is C18H28N2. The summed E-state index contributed by atoms with van der Waals surface area (Å²) in [7, 11) is 0. The third-order valence-corrected chi connectivity index (χ3v) is 5.21. The van der Waals surface area contributed by atoms with Gasteiger partial charge in [0.15, 0.2) is 0 Å². The van der Waals surface area contributed by atoms with Gasteiger partial charge in [-0.3, -0.25) is 0 Å². The largest absolute Gasteiger partial charge is 0.366 e. The van der Waals surface area contributed by atoms with Crippen LogP contribution in [0.3, 0.4) is 0 Å². The summed E-state index contributed by atoms with van der Waals surface area (Å²) in [5.41, 5.74) is 3.26. The Morgan fingerprint density at radius 2 is 2.00 bits per heavy atom. The molecule has 1 N–H and O–H groups in total. The van der Waals surface area contributed by atoms with Gasteiger partial charge < -0.3 is 10.2 Å². The van der Waals surface area contributed by atoms with Crippen LogP contribution in [0, 0.1) is 0 Å². The van der Waals surface area contributed by atoms with Crippen molar-refractivity contribution in [2.45, 2.75) is 64.0 Å². The van der Waals surface area contributed by atoms with Crippen molar-refractivity contribution in [3.05, 3.63) is 29.8 Å². The van der Waals surface area contributed by atoms with Crippen LogP contribution in [0.15, 0.2) is 24.3 Å². The van der Waals surface area contributed by atoms with Gasteiger partial charge >= 0.3 is 0 Å². The molecule has 110 valence electrons. The normalized spacial score (nSPS) is 25.6. The second-order valence-electron chi connectivity index (χ2n) is 7.09. The van der Waals surface area contributed by atoms with Crippen molar-refractivity contribution >= 4 is 5.69 Å². The van der Waals surface area contributed by atoms with Crippen LogP contribution >= 0.6 is 0 Å². The van der Waals surface area contributed by atoms with E-state index in [0.717, 1.165) is 6.54 Å². The highest BCUT2D eigenvalue weighted by Gasteiger charge is 2.39. The first-order valence-electron chi connectivity index (χ1n) is 8.21. The predicted octanol–water partition coefficient (Wildman–Crippen LogP) is 3.92. The van der Waals surface area contributed by atoms with Crippen LogP contribution in [-0.4, -0.2) is 24.7 Å². The highest BCUT2D eigenvalue weighted by atomic mass is 15.3. The van der Waals surface area contributed by atoms with Crippen LogP contribution in [0.25, 0.3) is 0 Å². The van der Waals surface area contributed by atoms with Gasteiger partial charge in [0.05, 0.1) is 0 Å². The Morgan fingerprint density at radius 3 is 2.70 bits per heavy atom. The molecule has 0 amide bonds. The van der Waals surface area contributed by atoms with Crippen molar-refractivity contribution in [2.75, 3.05) is 18.0 Å². The maximum atomic E-state index is 3.84. The van der Waals surface area contributed by atoms with E-state index in [2.05, 4.69) is 55.3 Å². The van der Waals surface area contributed by atoms with Crippen LogP contribution in [0.4, 0.5) is 5.69 Å². The Labute approximate surface area is 123 Å². The van der Waals surface area contributed by atoms with Gasteiger partial charge in [0.2, 0.25) is 0 Å². The first kappa shape index (κ1) is 13.9. The maximum absolute atomic E-state index is 3.84. The van der Waals surface area contributed by atoms with E-state index < -0.39 is 0 Å². The van der Waals surface area contributed by atoms with Gasteiger partial charge in [-0.15, -0.1) is 0 Å². The number of hydrogen-bond donors (Lipinski definition) is 1. The summed E-state index contributed by atoms with van der Waals surface area (Å²) in [5.74, 6) is 0.605. The zero-order valence-electron chi connectivity index (χ0n) is 13.2. The van der Waals surface area contributed by atoms with E-state index in [9.17, 15) is 0 Å². The second-order valence-corrected chi connectivity index (χ2v) is 7.09. The molecule has 0 aromatic heterocycles. The van der Waals surface area contributed by atoms with E-state index >= 15 is 0 Å². The van der Waals surface area contributed by atoms with Crippen molar-refractivity contribution in [1.82, 2.24) is 5.32 Å². The highest BCUT2D eigenvalue weighted by Crippen LogP contribution is 2.35. The van der Waals surface area contributed by atoms with Gasteiger partial charge in [-0.2, -0.15) is 0 Å². The standard InChI is InChI=1S/C18H28N2/c1-14(2)16-7-6-8-17(11-16)20-13-18(9-4-5-10-18)19-12-15(20)3/h6-8,11,14-15,19H,4-5,9-10,12-13H2,1-3H3. The number of rotatable bonds is 2. The molecule has 1 atom stereocenters. The average Bonchev–Trinajstić information content (AvgIpc) is 2.90. The Bertz CT molecular complexity index is 460. The number of nitrogens with zero attached hydrogens (tertiary/aromatic N) is 1. The van der Waals surface area contributed by atoms with Crippen LogP contribution in [0.2, 0.25) is 0 Å². The lowest BCUT2D eigenvalue weighted by Gasteiger charge is -2.46. The molecule has 1 aromatic rings. The molecule has 1 spiro atoms. The number of benzene rings is 1. The van der Waals surface area contributed by atoms with Crippen LogP contribution < -0.4 is 10.2 Å². The Morgan fingerprint density at radius 1 is 1.25 bits per heavy atom. The number of anilines is 1. The zero-order chi connectivity index (χ0) is 14.2. The van der Waals surface area contributed by atoms with Gasteiger partial charge in [-0.05, 0) is 43.4 Å². The van der Waals surface area contributed by atoms with Crippen LogP contribution in [0.5, 0.6) is 0 Å². The highest BCUT2D eigenvalue weighted by molar-refractivity contribution is 5.51. The molecule has 20 heavy (non-hydrogen) atoms.